The maximum absolute atomic E-state index is 13.8. The van der Waals surface area contributed by atoms with Crippen LogP contribution in [0.4, 0.5) is 11.4 Å². The zero-order valence-electron chi connectivity index (χ0n) is 41.5. The number of rotatable bonds is 11. The number of carboxylic acids is 1. The molecule has 18 nitrogen and oxygen atoms in total. The number of aromatic nitrogens is 1. The highest BCUT2D eigenvalue weighted by Gasteiger charge is 2.40. The maximum atomic E-state index is 13.8. The maximum Gasteiger partial charge on any atom is 0.349 e. The second-order valence-corrected chi connectivity index (χ2v) is 24.3. The van der Waals surface area contributed by atoms with Crippen LogP contribution in [0.25, 0.3) is 61.1 Å². The topological polar surface area (TPSA) is 205 Å². The normalized spacial score (nSPS) is 16.1. The van der Waals surface area contributed by atoms with E-state index in [2.05, 4.69) is 54.3 Å². The van der Waals surface area contributed by atoms with Crippen LogP contribution < -0.4 is 67.0 Å². The Morgan fingerprint density at radius 2 is 1.03 bits per heavy atom. The fraction of sp³-hybridized carbons (Fsp3) is 0.273. The highest BCUT2D eigenvalue weighted by molar-refractivity contribution is 7.31. The molecule has 6 aliphatic rings. The Labute approximate surface area is 472 Å². The Hall–Kier alpha value is -7.66. The molecule has 6 aliphatic heterocycles. The number of aliphatic carboxylic acids is 1. The summed E-state index contributed by atoms with van der Waals surface area (Å²) >= 11 is 8.14. The van der Waals surface area contributed by atoms with Crippen LogP contribution in [0.3, 0.4) is 0 Å². The summed E-state index contributed by atoms with van der Waals surface area (Å²) in [5, 5.41) is 19.5. The molecular weight excluding hydrogens is 1140 g/mol. The van der Waals surface area contributed by atoms with E-state index in [4.69, 9.17) is 52.1 Å². The molecule has 1 N–H and O–H groups in total. The van der Waals surface area contributed by atoms with Crippen molar-refractivity contribution in [3.63, 3.8) is 0 Å². The Balaban J connectivity index is 0.878. The van der Waals surface area contributed by atoms with Gasteiger partial charge in [0.15, 0.2) is 69.8 Å². The van der Waals surface area contributed by atoms with Crippen molar-refractivity contribution in [3.05, 3.63) is 78.0 Å². The lowest BCUT2D eigenvalue weighted by Gasteiger charge is -2.25. The molecule has 0 aliphatic carbocycles. The number of benzene rings is 2. The number of nitrogens with zero attached hydrogens (tertiary/aromatic N) is 3. The molecule has 0 fully saturated rings. The molecule has 0 saturated heterocycles. The number of thiazole rings is 1. The molecule has 0 atom stereocenters. The first kappa shape index (κ1) is 49.6. The van der Waals surface area contributed by atoms with Gasteiger partial charge in [0.1, 0.15) is 76.8 Å². The van der Waals surface area contributed by atoms with Gasteiger partial charge in [-0.2, -0.15) is 5.26 Å². The van der Waals surface area contributed by atoms with E-state index in [0.29, 0.717) is 112 Å². The van der Waals surface area contributed by atoms with Crippen LogP contribution in [0.1, 0.15) is 22.9 Å². The van der Waals surface area contributed by atoms with E-state index in [1.165, 1.54) is 56.5 Å². The molecule has 0 saturated carbocycles. The monoisotopic (exact) mass is 1180 g/mol. The standard InChI is InChI=1S/C55H41N3O15S6/c1-2-57-30-6-4-3-5-26(30)7-8-27-21-28(9-10-31(27)57)44-36-37(67-14-13-66-36)47(76-44)48-40-41(71-18-17-70-40)51(78-48)52-43-42(72-19-20-73-43)50(79-52)49-39-38(68-15-16-69-39)46(77-49)45-35-34(64-11-12-65-35)32(74-45)22-33-53(60)58(24-63-25-59)54(75-33)29(23-56)55(61)62/h3-6,9-10,21-22,25H,2,7-8,11-20,24H2,1H3,(H,61,62)/b33-22+,54-29+. The van der Waals surface area contributed by atoms with Gasteiger partial charge in [0.2, 0.25) is 0 Å². The number of carbonyl (C=O) groups excluding carboxylic acids is 1. The zero-order chi connectivity index (χ0) is 53.5. The molecule has 0 unspecified atom stereocenters. The van der Waals surface area contributed by atoms with Gasteiger partial charge in [0.05, 0.1) is 53.3 Å². The Bertz CT molecular complexity index is 4070. The quantitative estimate of drug-likeness (QED) is 0.120. The number of hydrogen-bond acceptors (Lipinski definition) is 22. The summed E-state index contributed by atoms with van der Waals surface area (Å²) in [5.41, 5.74) is 4.78. The number of hydrogen-bond donors (Lipinski definition) is 1. The molecule has 0 spiro atoms. The number of thiophene rings is 5. The Morgan fingerprint density at radius 3 is 1.51 bits per heavy atom. The van der Waals surface area contributed by atoms with E-state index in [-0.39, 0.29) is 42.1 Å². The molecular formula is C55H41N3O15S6. The third kappa shape index (κ3) is 8.18. The van der Waals surface area contributed by atoms with Crippen molar-refractivity contribution in [1.82, 2.24) is 4.57 Å². The lowest BCUT2D eigenvalue weighted by atomic mass is 10.0. The Kier molecular flexibility index (Phi) is 12.7. The van der Waals surface area contributed by atoms with E-state index in [0.717, 1.165) is 75.0 Å². The van der Waals surface area contributed by atoms with Crippen LogP contribution in [-0.2, 0) is 33.9 Å². The van der Waals surface area contributed by atoms with Crippen molar-refractivity contribution < 1.29 is 66.8 Å². The number of anilines is 2. The van der Waals surface area contributed by atoms with E-state index < -0.39 is 23.8 Å². The number of carbonyl (C=O) groups is 2. The minimum Gasteiger partial charge on any atom is -0.485 e. The average Bonchev–Trinajstić information content (AvgIpc) is 4.48. The minimum atomic E-state index is -1.54. The molecule has 2 aromatic carbocycles. The van der Waals surface area contributed by atoms with Crippen LogP contribution in [0, 0.1) is 11.3 Å². The molecule has 24 heteroatoms. The van der Waals surface area contributed by atoms with Gasteiger partial charge < -0.3 is 62.1 Å². The Morgan fingerprint density at radius 1 is 0.595 bits per heavy atom. The van der Waals surface area contributed by atoms with Crippen molar-refractivity contribution >= 4 is 103 Å². The highest BCUT2D eigenvalue weighted by Crippen LogP contribution is 2.67. The predicted octanol–water partition coefficient (Wildman–Crippen LogP) is 9.38. The first-order valence-corrected chi connectivity index (χ1v) is 30.0. The predicted molar refractivity (Wildman–Crippen MR) is 300 cm³/mol. The lowest BCUT2D eigenvalue weighted by Crippen LogP contribution is -2.33. The highest BCUT2D eigenvalue weighted by atomic mass is 32.1. The molecule has 0 amide bonds. The van der Waals surface area contributed by atoms with Crippen molar-refractivity contribution in [3.8, 4) is 113 Å². The fourth-order valence-corrected chi connectivity index (χ4v) is 17.9. The van der Waals surface area contributed by atoms with Crippen LogP contribution in [0.15, 0.2) is 47.3 Å². The molecule has 8 aromatic rings. The third-order valence-corrected chi connectivity index (χ3v) is 21.3. The zero-order valence-corrected chi connectivity index (χ0v) is 46.4. The van der Waals surface area contributed by atoms with Gasteiger partial charge in [-0.25, -0.2) is 4.79 Å². The van der Waals surface area contributed by atoms with Crippen LogP contribution in [-0.4, -0.2) is 94.7 Å². The minimum absolute atomic E-state index is 0.0699. The number of ether oxygens (including phenoxy) is 11. The van der Waals surface area contributed by atoms with Gasteiger partial charge >= 0.3 is 5.97 Å². The summed E-state index contributed by atoms with van der Waals surface area (Å²) < 4.78 is 70.3. The SMILES string of the molecule is CCN1c2ccccc2CCc2cc(-c3sc(-c4sc(-c5sc(-c6sc(-c7sc(/C=c8/s/c(=C(\C#N)C(=O)O)n(COC=O)c8=O)c8c7OCCO8)c7c6OCCO7)c6c5OCCO6)c5c4OCCO5)c4c3OCCO4)ccc21. The fourth-order valence-electron chi connectivity index (χ4n) is 10.4. The van der Waals surface area contributed by atoms with Gasteiger partial charge in [0.25, 0.3) is 12.0 Å². The van der Waals surface area contributed by atoms with Gasteiger partial charge in [-0.15, -0.1) is 68.0 Å². The number of para-hydroxylation sites is 1. The summed E-state index contributed by atoms with van der Waals surface area (Å²) in [5.74, 6) is 4.01. The number of carboxylic acid groups (broad SMARTS) is 1. The lowest BCUT2D eigenvalue weighted by molar-refractivity contribution is -0.132. The third-order valence-electron chi connectivity index (χ3n) is 13.7. The van der Waals surface area contributed by atoms with Crippen molar-refractivity contribution in [2.75, 3.05) is 77.5 Å². The molecule has 402 valence electrons. The van der Waals surface area contributed by atoms with E-state index >= 15 is 0 Å². The van der Waals surface area contributed by atoms with E-state index in [9.17, 15) is 24.8 Å². The van der Waals surface area contributed by atoms with Crippen molar-refractivity contribution in [2.24, 2.45) is 0 Å². The molecule has 12 heterocycles. The first-order chi connectivity index (χ1) is 38.8. The summed E-state index contributed by atoms with van der Waals surface area (Å²) in [6.45, 7) is 5.77. The van der Waals surface area contributed by atoms with Gasteiger partial charge in [-0.05, 0) is 60.7 Å². The van der Waals surface area contributed by atoms with Crippen molar-refractivity contribution in [2.45, 2.75) is 26.5 Å². The smallest absolute Gasteiger partial charge is 0.349 e. The molecule has 79 heavy (non-hydrogen) atoms. The van der Waals surface area contributed by atoms with Crippen LogP contribution in [0.5, 0.6) is 57.5 Å². The number of aryl methyl sites for hydroxylation is 2. The van der Waals surface area contributed by atoms with E-state index in [1.54, 1.807) is 34.8 Å². The first-order valence-electron chi connectivity index (χ1n) is 25.1. The van der Waals surface area contributed by atoms with Gasteiger partial charge in [0, 0.05) is 17.9 Å². The summed E-state index contributed by atoms with van der Waals surface area (Å²) in [4.78, 5) is 47.0. The average molecular weight is 1180 g/mol. The number of nitriles is 1. The summed E-state index contributed by atoms with van der Waals surface area (Å²) in [7, 11) is 0. The second-order valence-electron chi connectivity index (χ2n) is 18.2. The van der Waals surface area contributed by atoms with Crippen molar-refractivity contribution in [1.29, 1.82) is 5.26 Å². The summed E-state index contributed by atoms with van der Waals surface area (Å²) in [6.07, 6.45) is 3.40. The summed E-state index contributed by atoms with van der Waals surface area (Å²) in [6, 6.07) is 17.0. The second kappa shape index (κ2) is 20.2. The van der Waals surface area contributed by atoms with Crippen LogP contribution in [0.2, 0.25) is 0 Å². The van der Waals surface area contributed by atoms with Gasteiger partial charge in [-0.1, -0.05) is 24.3 Å². The molecule has 14 rings (SSSR count). The number of fused-ring (bicyclic) bond motifs is 7. The largest absolute Gasteiger partial charge is 0.485 e. The van der Waals surface area contributed by atoms with E-state index in [1.807, 2.05) is 0 Å². The molecule has 0 radical (unpaired) electrons. The molecule has 0 bridgehead atoms. The van der Waals surface area contributed by atoms with Gasteiger partial charge in [-0.3, -0.25) is 14.2 Å². The van der Waals surface area contributed by atoms with Crippen LogP contribution >= 0.6 is 68.0 Å². The molecule has 6 aromatic heterocycles.